The lowest BCUT2D eigenvalue weighted by Crippen LogP contribution is -2.52. The Kier molecular flexibility index (Phi) is 12.1. The van der Waals surface area contributed by atoms with Gasteiger partial charge in [0.2, 0.25) is 23.6 Å². The van der Waals surface area contributed by atoms with Gasteiger partial charge in [-0.25, -0.2) is 0 Å². The Hall–Kier alpha value is -4.60. The minimum atomic E-state index is -0.681. The van der Waals surface area contributed by atoms with Gasteiger partial charge in [0, 0.05) is 48.2 Å². The van der Waals surface area contributed by atoms with Crippen LogP contribution in [-0.4, -0.2) is 83.8 Å². The molecule has 0 aromatic heterocycles. The Morgan fingerprint density at radius 3 is 1.46 bits per heavy atom. The standard InChI is InChI=1S/C34H30N4O8.2H2S/c39-29-13-11-27(31(41)35-29)37-19-25-21(5-1-9-23(25)33(37)43)7-3-15-45-17-18-46-16-4-8-22-6-2-10-24-26(22)20-38(34(24)44)28-12-14-30(40)36-32(28)42;;/h1-2,5-6,9-10,27-28H,11-20H2,(H,35,39,41)(H,36,40,42);2*1H2. The molecular formula is C34H34N4O8S2. The van der Waals surface area contributed by atoms with Gasteiger partial charge in [0.15, 0.2) is 0 Å². The third kappa shape index (κ3) is 7.58. The molecule has 2 fully saturated rings. The summed E-state index contributed by atoms with van der Waals surface area (Å²) in [5, 5.41) is 4.61. The van der Waals surface area contributed by atoms with Gasteiger partial charge < -0.3 is 19.3 Å². The van der Waals surface area contributed by atoms with E-state index in [2.05, 4.69) is 34.3 Å². The molecule has 2 saturated heterocycles. The zero-order valence-corrected chi connectivity index (χ0v) is 27.9. The molecule has 4 aliphatic heterocycles. The smallest absolute Gasteiger partial charge is 0.255 e. The van der Waals surface area contributed by atoms with Crippen molar-refractivity contribution in [2.75, 3.05) is 26.4 Å². The summed E-state index contributed by atoms with van der Waals surface area (Å²) in [6.07, 6.45) is 0.988. The van der Waals surface area contributed by atoms with Crippen molar-refractivity contribution in [3.63, 3.8) is 0 Å². The van der Waals surface area contributed by atoms with Crippen molar-refractivity contribution in [2.24, 2.45) is 0 Å². The molecule has 2 aromatic carbocycles. The number of benzene rings is 2. The van der Waals surface area contributed by atoms with Gasteiger partial charge in [-0.2, -0.15) is 27.0 Å². The van der Waals surface area contributed by atoms with Crippen LogP contribution in [0.2, 0.25) is 0 Å². The third-order valence-electron chi connectivity index (χ3n) is 8.33. The topological polar surface area (TPSA) is 151 Å². The third-order valence-corrected chi connectivity index (χ3v) is 8.33. The molecule has 48 heavy (non-hydrogen) atoms. The molecule has 2 N–H and O–H groups in total. The molecule has 0 bridgehead atoms. The molecule has 6 amide bonds. The molecule has 14 heteroatoms. The van der Waals surface area contributed by atoms with E-state index in [4.69, 9.17) is 9.47 Å². The summed E-state index contributed by atoms with van der Waals surface area (Å²) in [4.78, 5) is 76.5. The number of piperidine rings is 2. The van der Waals surface area contributed by atoms with Crippen molar-refractivity contribution < 1.29 is 38.2 Å². The van der Waals surface area contributed by atoms with E-state index in [9.17, 15) is 28.8 Å². The lowest BCUT2D eigenvalue weighted by molar-refractivity contribution is -0.138. The van der Waals surface area contributed by atoms with Crippen molar-refractivity contribution >= 4 is 62.4 Å². The highest BCUT2D eigenvalue weighted by atomic mass is 32.1. The van der Waals surface area contributed by atoms with Crippen LogP contribution in [0.1, 0.15) is 68.7 Å². The summed E-state index contributed by atoms with van der Waals surface area (Å²) in [7, 11) is 0. The van der Waals surface area contributed by atoms with Gasteiger partial charge in [-0.3, -0.25) is 39.4 Å². The molecule has 2 unspecified atom stereocenters. The van der Waals surface area contributed by atoms with Crippen LogP contribution in [0.3, 0.4) is 0 Å². The average molecular weight is 691 g/mol. The van der Waals surface area contributed by atoms with Gasteiger partial charge in [-0.15, -0.1) is 0 Å². The number of ether oxygens (including phenoxy) is 2. The fraction of sp³-hybridized carbons (Fsp3) is 0.353. The number of rotatable bonds is 7. The molecule has 4 heterocycles. The minimum absolute atomic E-state index is 0. The zero-order valence-electron chi connectivity index (χ0n) is 25.9. The monoisotopic (exact) mass is 690 g/mol. The molecule has 12 nitrogen and oxygen atoms in total. The van der Waals surface area contributed by atoms with E-state index in [0.29, 0.717) is 48.3 Å². The second-order valence-electron chi connectivity index (χ2n) is 11.2. The molecule has 0 aliphatic carbocycles. The lowest BCUT2D eigenvalue weighted by atomic mass is 10.0. The average Bonchev–Trinajstić information content (AvgIpc) is 3.55. The SMILES string of the molecule is O=C1CCC(N2Cc3c(C#CCOCCOCC#Cc4cccc5c4CN(C4CCC(=O)NC4=O)C5=O)cccc3C2=O)C(=O)N1.S.S. The van der Waals surface area contributed by atoms with Crippen molar-refractivity contribution in [3.05, 3.63) is 69.8 Å². The van der Waals surface area contributed by atoms with Crippen molar-refractivity contribution in [1.29, 1.82) is 0 Å². The second kappa shape index (κ2) is 16.0. The van der Waals surface area contributed by atoms with E-state index in [1.54, 1.807) is 24.3 Å². The van der Waals surface area contributed by atoms with E-state index in [-0.39, 0.29) is 89.8 Å². The number of fused-ring (bicyclic) bond motifs is 2. The van der Waals surface area contributed by atoms with Crippen molar-refractivity contribution in [2.45, 2.75) is 50.9 Å². The predicted octanol–water partition coefficient (Wildman–Crippen LogP) is 0.871. The molecule has 0 spiro atoms. The highest BCUT2D eigenvalue weighted by Gasteiger charge is 2.41. The number of nitrogens with one attached hydrogen (secondary N) is 2. The Morgan fingerprint density at radius 2 is 1.06 bits per heavy atom. The maximum Gasteiger partial charge on any atom is 0.255 e. The fourth-order valence-electron chi connectivity index (χ4n) is 6.03. The van der Waals surface area contributed by atoms with E-state index in [0.717, 1.165) is 11.1 Å². The first-order chi connectivity index (χ1) is 22.3. The van der Waals surface area contributed by atoms with E-state index in [1.165, 1.54) is 9.80 Å². The predicted molar refractivity (Wildman–Crippen MR) is 181 cm³/mol. The second-order valence-corrected chi connectivity index (χ2v) is 11.2. The molecule has 0 radical (unpaired) electrons. The summed E-state index contributed by atoms with van der Waals surface area (Å²) in [5.41, 5.74) is 3.89. The van der Waals surface area contributed by atoms with E-state index >= 15 is 0 Å². The first kappa shape index (κ1) is 36.2. The van der Waals surface area contributed by atoms with Gasteiger partial charge in [-0.05, 0) is 48.2 Å². The van der Waals surface area contributed by atoms with E-state index < -0.39 is 23.9 Å². The summed E-state index contributed by atoms with van der Waals surface area (Å²) >= 11 is 0. The quantitative estimate of drug-likeness (QED) is 0.247. The molecule has 2 atom stereocenters. The van der Waals surface area contributed by atoms with Crippen LogP contribution in [0.4, 0.5) is 0 Å². The Bertz CT molecular complexity index is 1660. The van der Waals surface area contributed by atoms with Crippen molar-refractivity contribution in [3.8, 4) is 23.7 Å². The number of imide groups is 2. The first-order valence-electron chi connectivity index (χ1n) is 15.0. The molecule has 6 rings (SSSR count). The van der Waals surface area contributed by atoms with Crippen molar-refractivity contribution in [1.82, 2.24) is 20.4 Å². The van der Waals surface area contributed by atoms with Crippen LogP contribution >= 0.6 is 27.0 Å². The fourth-order valence-corrected chi connectivity index (χ4v) is 6.03. The number of carbonyl (C=O) groups is 6. The summed E-state index contributed by atoms with van der Waals surface area (Å²) in [6, 6.07) is 9.21. The largest absolute Gasteiger partial charge is 0.366 e. The summed E-state index contributed by atoms with van der Waals surface area (Å²) < 4.78 is 11.1. The Morgan fingerprint density at radius 1 is 0.646 bits per heavy atom. The van der Waals surface area contributed by atoms with E-state index in [1.807, 2.05) is 12.1 Å². The molecular weight excluding hydrogens is 657 g/mol. The van der Waals surface area contributed by atoms with Gasteiger partial charge in [0.05, 0.1) is 13.2 Å². The normalized spacial score (nSPS) is 19.5. The summed E-state index contributed by atoms with van der Waals surface area (Å²) in [5.74, 6) is 9.96. The molecule has 4 aliphatic rings. The molecule has 250 valence electrons. The maximum absolute atomic E-state index is 13.0. The number of nitrogens with zero attached hydrogens (tertiary/aromatic N) is 2. The Balaban J connectivity index is 0.00000260. The van der Waals surface area contributed by atoms with Gasteiger partial charge in [-0.1, -0.05) is 35.8 Å². The number of amides is 6. The lowest BCUT2D eigenvalue weighted by Gasteiger charge is -2.29. The number of hydrogen-bond acceptors (Lipinski definition) is 8. The van der Waals surface area contributed by atoms with Crippen LogP contribution in [0.25, 0.3) is 0 Å². The van der Waals surface area contributed by atoms with Crippen LogP contribution in [-0.2, 0) is 41.7 Å². The summed E-state index contributed by atoms with van der Waals surface area (Å²) in [6.45, 7) is 1.39. The molecule has 0 saturated carbocycles. The zero-order chi connectivity index (χ0) is 32.2. The van der Waals surface area contributed by atoms with Gasteiger partial charge in [0.25, 0.3) is 11.8 Å². The highest BCUT2D eigenvalue weighted by molar-refractivity contribution is 7.59. The first-order valence-corrected chi connectivity index (χ1v) is 15.0. The molecule has 2 aromatic rings. The number of hydrogen-bond donors (Lipinski definition) is 2. The van der Waals surface area contributed by atoms with Crippen LogP contribution in [0, 0.1) is 23.7 Å². The number of carbonyl (C=O) groups excluding carboxylic acids is 6. The maximum atomic E-state index is 13.0. The van der Waals surface area contributed by atoms with Crippen LogP contribution < -0.4 is 10.6 Å². The Labute approximate surface area is 291 Å². The minimum Gasteiger partial charge on any atom is -0.366 e. The highest BCUT2D eigenvalue weighted by Crippen LogP contribution is 2.30. The van der Waals surface area contributed by atoms with Gasteiger partial charge >= 0.3 is 0 Å². The van der Waals surface area contributed by atoms with Gasteiger partial charge in [0.1, 0.15) is 25.3 Å². The van der Waals surface area contributed by atoms with Crippen LogP contribution in [0.5, 0.6) is 0 Å². The van der Waals surface area contributed by atoms with Crippen LogP contribution in [0.15, 0.2) is 36.4 Å².